The van der Waals surface area contributed by atoms with Crippen molar-refractivity contribution < 1.29 is 80.3 Å². The van der Waals surface area contributed by atoms with Crippen molar-refractivity contribution in [3.05, 3.63) is 54.1 Å². The van der Waals surface area contributed by atoms with Crippen molar-refractivity contribution in [2.75, 3.05) is 0 Å². The number of hydrogen-bond donors (Lipinski definition) is 2. The van der Waals surface area contributed by atoms with Crippen molar-refractivity contribution >= 4 is 28.4 Å². The van der Waals surface area contributed by atoms with E-state index in [1.807, 2.05) is 6.92 Å². The monoisotopic (exact) mass is 390 g/mol. The first kappa shape index (κ1) is 20.5. The first-order valence-electron chi connectivity index (χ1n) is 6.80. The van der Waals surface area contributed by atoms with Gasteiger partial charge in [-0.25, -0.2) is 21.8 Å². The molecule has 0 aliphatic carbocycles. The second kappa shape index (κ2) is 7.84. The van der Waals surface area contributed by atoms with E-state index in [0.29, 0.717) is 0 Å². The topological polar surface area (TPSA) is 102 Å². The average molecular weight is 390 g/mol. The normalized spacial score (nSPS) is 11.2. The van der Waals surface area contributed by atoms with Crippen molar-refractivity contribution in [2.24, 2.45) is 0 Å². The summed E-state index contributed by atoms with van der Waals surface area (Å²) >= 11 is 0. The van der Waals surface area contributed by atoms with Gasteiger partial charge in [-0.2, -0.15) is 0 Å². The van der Waals surface area contributed by atoms with Gasteiger partial charge in [-0.05, 0) is 25.1 Å². The Labute approximate surface area is 187 Å². The zero-order valence-electron chi connectivity index (χ0n) is 14.4. The fourth-order valence-corrected chi connectivity index (χ4v) is 3.56. The summed E-state index contributed by atoms with van der Waals surface area (Å²) in [5, 5.41) is 17.9. The minimum atomic E-state index is -4.02. The molecule has 0 unspecified atom stereocenters. The zero-order valence-corrected chi connectivity index (χ0v) is 17.4. The predicted molar refractivity (Wildman–Crippen MR) is 85.4 cm³/mol. The van der Waals surface area contributed by atoms with Gasteiger partial charge in [-0.3, -0.25) is 0 Å². The number of pyridine rings is 1. The van der Waals surface area contributed by atoms with Crippen molar-refractivity contribution in [2.45, 2.75) is 11.8 Å². The molecule has 2 heterocycles. The van der Waals surface area contributed by atoms with Gasteiger partial charge in [0.1, 0.15) is 11.6 Å². The summed E-state index contributed by atoms with van der Waals surface area (Å²) in [6.07, 6.45) is 1.88. The summed E-state index contributed by atoms with van der Waals surface area (Å²) < 4.78 is 44.6. The van der Waals surface area contributed by atoms with Crippen LogP contribution < -0.4 is 56.0 Å². The molecule has 0 aliphatic heterocycles. The van der Waals surface area contributed by atoms with E-state index < -0.39 is 23.2 Å². The molecular formula is C14H13BFKN2O5S. The maximum absolute atomic E-state index is 13.4. The predicted octanol–water partition coefficient (Wildman–Crippen LogP) is -1.81. The number of nitrogens with zero attached hydrogens (tertiary/aromatic N) is 2. The molecule has 0 radical (unpaired) electrons. The van der Waals surface area contributed by atoms with Crippen molar-refractivity contribution in [1.82, 2.24) is 8.96 Å². The summed E-state index contributed by atoms with van der Waals surface area (Å²) in [5.74, 6) is -0.937. The molecule has 25 heavy (non-hydrogen) atoms. The molecule has 0 amide bonds. The van der Waals surface area contributed by atoms with Crippen LogP contribution >= 0.6 is 0 Å². The molecule has 0 aliphatic rings. The molecule has 11 heteroatoms. The summed E-state index contributed by atoms with van der Waals surface area (Å²) in [6.45, 7) is 1.82. The third kappa shape index (κ3) is 4.14. The van der Waals surface area contributed by atoms with Gasteiger partial charge < -0.3 is 16.1 Å². The van der Waals surface area contributed by atoms with Crippen LogP contribution in [0.1, 0.15) is 6.99 Å². The SMILES string of the molecule is Cc1ccc(S(=O)(=O)n2cc(OB(O)O)c3cc(F)cnc32)cc1.[H-].[K+]. The van der Waals surface area contributed by atoms with Gasteiger partial charge in [0.2, 0.25) is 0 Å². The van der Waals surface area contributed by atoms with Crippen LogP contribution in [0.5, 0.6) is 5.75 Å². The van der Waals surface area contributed by atoms with Gasteiger partial charge in [0, 0.05) is 0 Å². The van der Waals surface area contributed by atoms with Crippen LogP contribution in [0.2, 0.25) is 0 Å². The number of rotatable bonds is 4. The third-order valence-electron chi connectivity index (χ3n) is 3.35. The Bertz CT molecular complexity index is 1010. The molecule has 0 fully saturated rings. The number of fused-ring (bicyclic) bond motifs is 1. The van der Waals surface area contributed by atoms with E-state index in [0.717, 1.165) is 28.0 Å². The molecule has 1 aromatic carbocycles. The molecule has 0 atom stereocenters. The Morgan fingerprint density at radius 2 is 1.92 bits per heavy atom. The number of benzene rings is 1. The maximum Gasteiger partial charge on any atom is 1.00 e. The summed E-state index contributed by atoms with van der Waals surface area (Å²) in [5.41, 5.74) is 0.798. The molecule has 2 N–H and O–H groups in total. The van der Waals surface area contributed by atoms with Crippen LogP contribution in [0.25, 0.3) is 11.0 Å². The largest absolute Gasteiger partial charge is 1.00 e. The summed E-state index contributed by atoms with van der Waals surface area (Å²) in [7, 11) is -6.21. The van der Waals surface area contributed by atoms with Crippen LogP contribution in [0.3, 0.4) is 0 Å². The molecule has 0 saturated carbocycles. The molecular weight excluding hydrogens is 377 g/mol. The summed E-state index contributed by atoms with van der Waals surface area (Å²) in [4.78, 5) is 3.79. The number of aromatic nitrogens is 2. The number of aryl methyl sites for hydroxylation is 1. The second-order valence-corrected chi connectivity index (χ2v) is 6.89. The van der Waals surface area contributed by atoms with Gasteiger partial charge in [0.25, 0.3) is 10.0 Å². The fraction of sp³-hybridized carbons (Fsp3) is 0.0714. The molecule has 0 saturated heterocycles. The van der Waals surface area contributed by atoms with Gasteiger partial charge in [-0.1, -0.05) is 17.7 Å². The van der Waals surface area contributed by atoms with Crippen LogP contribution in [0.15, 0.2) is 47.6 Å². The molecule has 2 aromatic heterocycles. The maximum atomic E-state index is 13.4. The van der Waals surface area contributed by atoms with E-state index in [1.165, 1.54) is 12.1 Å². The van der Waals surface area contributed by atoms with E-state index in [4.69, 9.17) is 14.7 Å². The Morgan fingerprint density at radius 3 is 2.52 bits per heavy atom. The molecule has 3 aromatic rings. The molecule has 3 rings (SSSR count). The molecule has 0 bridgehead atoms. The zero-order chi connectivity index (χ0) is 17.5. The number of hydrogen-bond acceptors (Lipinski definition) is 6. The molecule has 7 nitrogen and oxygen atoms in total. The first-order chi connectivity index (χ1) is 11.3. The minimum Gasteiger partial charge on any atom is -1.00 e. The Kier molecular flexibility index (Phi) is 6.44. The Morgan fingerprint density at radius 1 is 1.28 bits per heavy atom. The standard InChI is InChI=1S/C14H12BFN2O5S.K.H/c1-9-2-4-11(5-3-9)24(21,22)18-8-13(23-15(19)20)12-6-10(16)7-17-14(12)18;;/h2-8,19-20H,1H3;;/q;+1;-1. The van der Waals surface area contributed by atoms with Crippen LogP contribution in [-0.2, 0) is 10.0 Å². The van der Waals surface area contributed by atoms with E-state index in [9.17, 15) is 12.8 Å². The van der Waals surface area contributed by atoms with Gasteiger partial charge >= 0.3 is 58.7 Å². The Hall–Kier alpha value is -0.789. The minimum absolute atomic E-state index is 0. The molecule has 126 valence electrons. The van der Waals surface area contributed by atoms with Crippen LogP contribution in [0.4, 0.5) is 4.39 Å². The van der Waals surface area contributed by atoms with E-state index >= 15 is 0 Å². The van der Waals surface area contributed by atoms with Crippen molar-refractivity contribution in [3.63, 3.8) is 0 Å². The number of halogens is 1. The van der Waals surface area contributed by atoms with Crippen molar-refractivity contribution in [3.8, 4) is 5.75 Å². The van der Waals surface area contributed by atoms with Crippen LogP contribution in [-0.4, -0.2) is 34.7 Å². The van der Waals surface area contributed by atoms with E-state index in [1.54, 1.807) is 12.1 Å². The van der Waals surface area contributed by atoms with E-state index in [2.05, 4.69) is 4.98 Å². The van der Waals surface area contributed by atoms with E-state index in [-0.39, 0.29) is 74.5 Å². The quantitative estimate of drug-likeness (QED) is 0.509. The first-order valence-corrected chi connectivity index (χ1v) is 8.24. The second-order valence-electron chi connectivity index (χ2n) is 5.08. The third-order valence-corrected chi connectivity index (χ3v) is 5.02. The van der Waals surface area contributed by atoms with Gasteiger partial charge in [0.05, 0.1) is 22.7 Å². The smallest absolute Gasteiger partial charge is 1.00 e. The van der Waals surface area contributed by atoms with Crippen LogP contribution in [0, 0.1) is 12.7 Å². The average Bonchev–Trinajstić information content (AvgIpc) is 2.86. The van der Waals surface area contributed by atoms with Gasteiger partial charge in [-0.15, -0.1) is 0 Å². The van der Waals surface area contributed by atoms with Crippen molar-refractivity contribution in [1.29, 1.82) is 0 Å². The summed E-state index contributed by atoms with van der Waals surface area (Å²) in [6, 6.07) is 7.14. The van der Waals surface area contributed by atoms with Gasteiger partial charge in [0.15, 0.2) is 5.65 Å². The fourth-order valence-electron chi connectivity index (χ4n) is 2.24. The molecule has 0 spiro atoms. The Balaban J connectivity index is 0.00000169.